The molecular formula is C21H19NO3S. The summed E-state index contributed by atoms with van der Waals surface area (Å²) in [5.41, 5.74) is 2.77. The highest BCUT2D eigenvalue weighted by Gasteiger charge is 2.18. The van der Waals surface area contributed by atoms with Crippen molar-refractivity contribution in [3.8, 4) is 5.75 Å². The van der Waals surface area contributed by atoms with E-state index in [4.69, 9.17) is 4.74 Å². The third-order valence-electron chi connectivity index (χ3n) is 3.93. The molecule has 1 heterocycles. The lowest BCUT2D eigenvalue weighted by Crippen LogP contribution is -2.32. The second-order valence-electron chi connectivity index (χ2n) is 5.90. The molecule has 1 unspecified atom stereocenters. The second-order valence-corrected chi connectivity index (χ2v) is 6.88. The Morgan fingerprint density at radius 3 is 2.46 bits per heavy atom. The fourth-order valence-corrected chi connectivity index (χ4v) is 3.33. The number of hydrogen-bond acceptors (Lipinski definition) is 4. The number of aldehydes is 1. The molecule has 1 aromatic heterocycles. The maximum Gasteiger partial charge on any atom is 0.258 e. The molecule has 0 spiro atoms. The molecular weight excluding hydrogens is 346 g/mol. The van der Waals surface area contributed by atoms with Crippen molar-refractivity contribution in [1.82, 2.24) is 5.32 Å². The van der Waals surface area contributed by atoms with Crippen LogP contribution in [0, 0.1) is 6.92 Å². The Morgan fingerprint density at radius 1 is 1.12 bits per heavy atom. The number of hydrogen-bond donors (Lipinski definition) is 1. The SMILES string of the molecule is Cc1ccc(C(NC(=O)COc2ccc(C=O)cc2)c2cccs2)cc1. The summed E-state index contributed by atoms with van der Waals surface area (Å²) < 4.78 is 5.52. The van der Waals surface area contributed by atoms with E-state index in [2.05, 4.69) is 5.32 Å². The van der Waals surface area contributed by atoms with Gasteiger partial charge >= 0.3 is 0 Å². The van der Waals surface area contributed by atoms with Gasteiger partial charge in [-0.1, -0.05) is 35.9 Å². The Labute approximate surface area is 156 Å². The van der Waals surface area contributed by atoms with Gasteiger partial charge in [0.25, 0.3) is 5.91 Å². The van der Waals surface area contributed by atoms with Crippen molar-refractivity contribution in [1.29, 1.82) is 0 Å². The van der Waals surface area contributed by atoms with Gasteiger partial charge < -0.3 is 10.1 Å². The first-order chi connectivity index (χ1) is 12.7. The van der Waals surface area contributed by atoms with Crippen LogP contribution in [0.15, 0.2) is 66.0 Å². The van der Waals surface area contributed by atoms with Crippen LogP contribution in [-0.2, 0) is 4.79 Å². The number of rotatable bonds is 7. The number of ether oxygens (including phenoxy) is 1. The molecule has 0 bridgehead atoms. The van der Waals surface area contributed by atoms with Crippen molar-refractivity contribution in [3.05, 3.63) is 87.6 Å². The van der Waals surface area contributed by atoms with E-state index in [1.165, 1.54) is 5.56 Å². The lowest BCUT2D eigenvalue weighted by molar-refractivity contribution is -0.123. The summed E-state index contributed by atoms with van der Waals surface area (Å²) in [4.78, 5) is 24.1. The lowest BCUT2D eigenvalue weighted by Gasteiger charge is -2.18. The topological polar surface area (TPSA) is 55.4 Å². The van der Waals surface area contributed by atoms with Gasteiger partial charge in [-0.25, -0.2) is 0 Å². The van der Waals surface area contributed by atoms with Gasteiger partial charge in [0.1, 0.15) is 12.0 Å². The Hall–Kier alpha value is -2.92. The molecule has 4 nitrogen and oxygen atoms in total. The zero-order valence-corrected chi connectivity index (χ0v) is 15.2. The van der Waals surface area contributed by atoms with E-state index in [0.717, 1.165) is 16.7 Å². The zero-order chi connectivity index (χ0) is 18.4. The van der Waals surface area contributed by atoms with Gasteiger partial charge in [0.05, 0.1) is 6.04 Å². The number of aryl methyl sites for hydroxylation is 1. The van der Waals surface area contributed by atoms with Crippen LogP contribution in [-0.4, -0.2) is 18.8 Å². The van der Waals surface area contributed by atoms with Gasteiger partial charge in [-0.15, -0.1) is 11.3 Å². The molecule has 0 radical (unpaired) electrons. The molecule has 26 heavy (non-hydrogen) atoms. The maximum absolute atomic E-state index is 12.4. The van der Waals surface area contributed by atoms with Crippen LogP contribution >= 0.6 is 11.3 Å². The number of thiophene rings is 1. The molecule has 3 aromatic rings. The molecule has 132 valence electrons. The molecule has 0 fully saturated rings. The molecule has 0 aliphatic carbocycles. The molecule has 1 N–H and O–H groups in total. The summed E-state index contributed by atoms with van der Waals surface area (Å²) >= 11 is 1.60. The Bertz CT molecular complexity index is 855. The monoisotopic (exact) mass is 365 g/mol. The summed E-state index contributed by atoms with van der Waals surface area (Å²) in [6.45, 7) is 1.94. The van der Waals surface area contributed by atoms with E-state index >= 15 is 0 Å². The summed E-state index contributed by atoms with van der Waals surface area (Å²) in [5.74, 6) is 0.345. The Balaban J connectivity index is 1.67. The quantitative estimate of drug-likeness (QED) is 0.640. The van der Waals surface area contributed by atoms with Gasteiger partial charge in [-0.3, -0.25) is 9.59 Å². The van der Waals surface area contributed by atoms with Crippen LogP contribution in [0.5, 0.6) is 5.75 Å². The normalized spacial score (nSPS) is 11.6. The number of amides is 1. The van der Waals surface area contributed by atoms with Crippen LogP contribution in [0.3, 0.4) is 0 Å². The third kappa shape index (κ3) is 4.58. The van der Waals surface area contributed by atoms with Crippen LogP contribution in [0.25, 0.3) is 0 Å². The van der Waals surface area contributed by atoms with Crippen molar-refractivity contribution in [2.24, 2.45) is 0 Å². The molecule has 1 amide bonds. The fourth-order valence-electron chi connectivity index (χ4n) is 2.53. The predicted octanol–water partition coefficient (Wildman–Crippen LogP) is 4.15. The average Bonchev–Trinajstić information content (AvgIpc) is 3.20. The fraction of sp³-hybridized carbons (Fsp3) is 0.143. The van der Waals surface area contributed by atoms with Crippen molar-refractivity contribution in [2.45, 2.75) is 13.0 Å². The molecule has 5 heteroatoms. The summed E-state index contributed by atoms with van der Waals surface area (Å²) in [5, 5.41) is 5.03. The lowest BCUT2D eigenvalue weighted by atomic mass is 10.0. The minimum atomic E-state index is -0.205. The number of carbonyl (C=O) groups is 2. The van der Waals surface area contributed by atoms with Crippen molar-refractivity contribution >= 4 is 23.5 Å². The number of carbonyl (C=O) groups excluding carboxylic acids is 2. The van der Waals surface area contributed by atoms with E-state index in [-0.39, 0.29) is 18.6 Å². The van der Waals surface area contributed by atoms with E-state index < -0.39 is 0 Å². The summed E-state index contributed by atoms with van der Waals surface area (Å²) in [6, 6.07) is 18.6. The van der Waals surface area contributed by atoms with Gasteiger partial charge in [-0.2, -0.15) is 0 Å². The highest BCUT2D eigenvalue weighted by Crippen LogP contribution is 2.26. The zero-order valence-electron chi connectivity index (χ0n) is 14.3. The minimum absolute atomic E-state index is 0.0891. The van der Waals surface area contributed by atoms with E-state index in [9.17, 15) is 9.59 Å². The van der Waals surface area contributed by atoms with Crippen LogP contribution in [0.1, 0.15) is 32.4 Å². The van der Waals surface area contributed by atoms with Crippen molar-refractivity contribution < 1.29 is 14.3 Å². The number of benzene rings is 2. The smallest absolute Gasteiger partial charge is 0.258 e. The maximum atomic E-state index is 12.4. The molecule has 0 aliphatic heterocycles. The molecule has 3 rings (SSSR count). The van der Waals surface area contributed by atoms with Crippen LogP contribution in [0.2, 0.25) is 0 Å². The van der Waals surface area contributed by atoms with Crippen LogP contribution < -0.4 is 10.1 Å². The molecule has 0 aliphatic rings. The Morgan fingerprint density at radius 2 is 1.85 bits per heavy atom. The van der Waals surface area contributed by atoms with E-state index in [0.29, 0.717) is 11.3 Å². The van der Waals surface area contributed by atoms with Crippen LogP contribution in [0.4, 0.5) is 0 Å². The van der Waals surface area contributed by atoms with Crippen molar-refractivity contribution in [3.63, 3.8) is 0 Å². The first-order valence-corrected chi connectivity index (χ1v) is 9.11. The van der Waals surface area contributed by atoms with Gasteiger partial charge in [0.15, 0.2) is 6.61 Å². The molecule has 0 saturated carbocycles. The highest BCUT2D eigenvalue weighted by atomic mass is 32.1. The first-order valence-electron chi connectivity index (χ1n) is 8.23. The molecule has 2 aromatic carbocycles. The highest BCUT2D eigenvalue weighted by molar-refractivity contribution is 7.10. The molecule has 0 saturated heterocycles. The summed E-state index contributed by atoms with van der Waals surface area (Å²) in [7, 11) is 0. The van der Waals surface area contributed by atoms with Gasteiger partial charge in [-0.05, 0) is 48.2 Å². The third-order valence-corrected chi connectivity index (χ3v) is 4.87. The van der Waals surface area contributed by atoms with Crippen molar-refractivity contribution in [2.75, 3.05) is 6.61 Å². The Kier molecular flexibility index (Phi) is 5.81. The van der Waals surface area contributed by atoms with Gasteiger partial charge in [0, 0.05) is 10.4 Å². The first kappa shape index (κ1) is 17.9. The van der Waals surface area contributed by atoms with Gasteiger partial charge in [0.2, 0.25) is 0 Å². The predicted molar refractivity (Wildman–Crippen MR) is 103 cm³/mol. The summed E-state index contributed by atoms with van der Waals surface area (Å²) in [6.07, 6.45) is 0.768. The standard InChI is InChI=1S/C21H19NO3S/c1-15-4-8-17(9-5-15)21(19-3-2-12-26-19)22-20(24)14-25-18-10-6-16(13-23)7-11-18/h2-13,21H,14H2,1H3,(H,22,24). The van der Waals surface area contributed by atoms with E-state index in [1.807, 2.05) is 48.7 Å². The molecule has 1 atom stereocenters. The largest absolute Gasteiger partial charge is 0.484 e. The minimum Gasteiger partial charge on any atom is -0.484 e. The van der Waals surface area contributed by atoms with E-state index in [1.54, 1.807) is 35.6 Å². The second kappa shape index (κ2) is 8.45. The number of nitrogens with one attached hydrogen (secondary N) is 1. The average molecular weight is 365 g/mol.